The summed E-state index contributed by atoms with van der Waals surface area (Å²) >= 11 is 6.78. The molecule has 0 spiro atoms. The lowest BCUT2D eigenvalue weighted by Gasteiger charge is -2.10. The van der Waals surface area contributed by atoms with E-state index in [1.54, 1.807) is 37.3 Å². The molecule has 0 bridgehead atoms. The number of rotatable bonds is 4. The second-order valence-electron chi connectivity index (χ2n) is 5.03. The number of fused-ring (bicyclic) bond motifs is 1. The van der Waals surface area contributed by atoms with E-state index in [1.165, 1.54) is 0 Å². The molecule has 128 valence electrons. The molecule has 0 N–H and O–H groups in total. The van der Waals surface area contributed by atoms with Crippen molar-refractivity contribution in [3.05, 3.63) is 67.4 Å². The van der Waals surface area contributed by atoms with Gasteiger partial charge in [0.05, 0.1) is 6.61 Å². The summed E-state index contributed by atoms with van der Waals surface area (Å²) in [5.74, 6) is 0.0692. The Morgan fingerprint density at radius 3 is 2.52 bits per heavy atom. The molecular formula is C18H12Br2O5. The number of halogens is 2. The summed E-state index contributed by atoms with van der Waals surface area (Å²) in [6.45, 7) is 1.88. The van der Waals surface area contributed by atoms with Crippen LogP contribution in [0.2, 0.25) is 0 Å². The van der Waals surface area contributed by atoms with Crippen LogP contribution in [-0.4, -0.2) is 12.6 Å². The van der Waals surface area contributed by atoms with Crippen LogP contribution in [0.25, 0.3) is 11.0 Å². The standard InChI is InChI=1S/C18H12Br2O5/c1-2-23-18(22)16-9-13(21)17-14(4-3-5-15(17)25-16)24-12-7-10(19)6-11(20)8-12/h3-9H,2H2,1H3. The van der Waals surface area contributed by atoms with E-state index >= 15 is 0 Å². The van der Waals surface area contributed by atoms with Crippen molar-refractivity contribution in [3.8, 4) is 11.5 Å². The summed E-state index contributed by atoms with van der Waals surface area (Å²) in [5, 5.41) is 0.256. The minimum absolute atomic E-state index is 0.137. The highest BCUT2D eigenvalue weighted by Crippen LogP contribution is 2.32. The zero-order chi connectivity index (χ0) is 18.0. The summed E-state index contributed by atoms with van der Waals surface area (Å²) in [5.41, 5.74) is -0.129. The van der Waals surface area contributed by atoms with Crippen molar-refractivity contribution in [3.63, 3.8) is 0 Å². The predicted molar refractivity (Wildman–Crippen MR) is 100 cm³/mol. The maximum Gasteiger partial charge on any atom is 0.374 e. The van der Waals surface area contributed by atoms with Crippen LogP contribution in [0, 0.1) is 0 Å². The summed E-state index contributed by atoms with van der Waals surface area (Å²) in [7, 11) is 0. The second kappa shape index (κ2) is 7.41. The summed E-state index contributed by atoms with van der Waals surface area (Å²) in [4.78, 5) is 24.3. The number of benzene rings is 2. The van der Waals surface area contributed by atoms with Gasteiger partial charge in [-0.1, -0.05) is 37.9 Å². The molecule has 2 aromatic carbocycles. The van der Waals surface area contributed by atoms with Crippen LogP contribution < -0.4 is 10.2 Å². The van der Waals surface area contributed by atoms with E-state index in [1.807, 2.05) is 6.07 Å². The smallest absolute Gasteiger partial charge is 0.374 e. The van der Waals surface area contributed by atoms with E-state index in [0.29, 0.717) is 11.5 Å². The van der Waals surface area contributed by atoms with Gasteiger partial charge in [0.15, 0.2) is 5.43 Å². The first-order chi connectivity index (χ1) is 12.0. The minimum Gasteiger partial charge on any atom is -0.460 e. The maximum atomic E-state index is 12.5. The molecule has 1 aromatic heterocycles. The fraction of sp³-hybridized carbons (Fsp3) is 0.111. The van der Waals surface area contributed by atoms with E-state index in [9.17, 15) is 9.59 Å². The molecule has 0 saturated heterocycles. The van der Waals surface area contributed by atoms with E-state index in [4.69, 9.17) is 13.9 Å². The number of hydrogen-bond donors (Lipinski definition) is 0. The molecule has 0 radical (unpaired) electrons. The Bertz CT molecular complexity index is 990. The van der Waals surface area contributed by atoms with Crippen molar-refractivity contribution in [2.45, 2.75) is 6.92 Å². The molecule has 0 aliphatic heterocycles. The third-order valence-corrected chi connectivity index (χ3v) is 4.17. The van der Waals surface area contributed by atoms with Gasteiger partial charge in [-0.15, -0.1) is 0 Å². The fourth-order valence-corrected chi connectivity index (χ4v) is 3.53. The molecule has 3 aromatic rings. The van der Waals surface area contributed by atoms with E-state index in [-0.39, 0.29) is 28.8 Å². The Balaban J connectivity index is 2.08. The van der Waals surface area contributed by atoms with Crippen LogP contribution in [0.3, 0.4) is 0 Å². The van der Waals surface area contributed by atoms with E-state index in [2.05, 4.69) is 31.9 Å². The third kappa shape index (κ3) is 3.93. The summed E-state index contributed by atoms with van der Waals surface area (Å²) < 4.78 is 17.9. The molecule has 0 amide bonds. The highest BCUT2D eigenvalue weighted by molar-refractivity contribution is 9.11. The van der Waals surface area contributed by atoms with E-state index in [0.717, 1.165) is 15.0 Å². The Kier molecular flexibility index (Phi) is 5.24. The van der Waals surface area contributed by atoms with Crippen molar-refractivity contribution in [1.29, 1.82) is 0 Å². The van der Waals surface area contributed by atoms with Crippen LogP contribution in [0.4, 0.5) is 0 Å². The van der Waals surface area contributed by atoms with Gasteiger partial charge in [0.2, 0.25) is 5.76 Å². The van der Waals surface area contributed by atoms with Crippen LogP contribution in [0.1, 0.15) is 17.5 Å². The Labute approximate surface area is 159 Å². The van der Waals surface area contributed by atoms with Crippen molar-refractivity contribution in [2.75, 3.05) is 6.61 Å². The Morgan fingerprint density at radius 1 is 1.12 bits per heavy atom. The number of esters is 1. The van der Waals surface area contributed by atoms with Crippen molar-refractivity contribution < 1.29 is 18.7 Å². The summed E-state index contributed by atoms with van der Waals surface area (Å²) in [6, 6.07) is 11.5. The molecule has 0 unspecified atom stereocenters. The molecule has 0 aliphatic carbocycles. The summed E-state index contributed by atoms with van der Waals surface area (Å²) in [6.07, 6.45) is 0. The molecule has 7 heteroatoms. The molecule has 0 fully saturated rings. The Hall–Kier alpha value is -2.12. The first kappa shape index (κ1) is 17.7. The molecule has 3 rings (SSSR count). The lowest BCUT2D eigenvalue weighted by molar-refractivity contribution is 0.0490. The zero-order valence-corrected chi connectivity index (χ0v) is 16.2. The van der Waals surface area contributed by atoms with Crippen LogP contribution in [0.5, 0.6) is 11.5 Å². The lowest BCUT2D eigenvalue weighted by Crippen LogP contribution is -2.10. The molecule has 0 atom stereocenters. The molecule has 5 nitrogen and oxygen atoms in total. The van der Waals surface area contributed by atoms with Gasteiger partial charge in [-0.2, -0.15) is 0 Å². The van der Waals surface area contributed by atoms with Crippen molar-refractivity contribution in [1.82, 2.24) is 0 Å². The molecular weight excluding hydrogens is 456 g/mol. The average molecular weight is 468 g/mol. The largest absolute Gasteiger partial charge is 0.460 e. The lowest BCUT2D eigenvalue weighted by atomic mass is 10.2. The van der Waals surface area contributed by atoms with Gasteiger partial charge >= 0.3 is 5.97 Å². The van der Waals surface area contributed by atoms with Gasteiger partial charge in [-0.05, 0) is 37.3 Å². The first-order valence-corrected chi connectivity index (χ1v) is 8.94. The highest BCUT2D eigenvalue weighted by Gasteiger charge is 2.16. The molecule has 25 heavy (non-hydrogen) atoms. The molecule has 0 saturated carbocycles. The third-order valence-electron chi connectivity index (χ3n) is 3.26. The van der Waals surface area contributed by atoms with Gasteiger partial charge in [0, 0.05) is 15.0 Å². The Morgan fingerprint density at radius 2 is 1.84 bits per heavy atom. The van der Waals surface area contributed by atoms with E-state index < -0.39 is 5.97 Å². The second-order valence-corrected chi connectivity index (χ2v) is 6.86. The van der Waals surface area contributed by atoms with Gasteiger partial charge < -0.3 is 13.9 Å². The number of carbonyl (C=O) groups excluding carboxylic acids is 1. The monoisotopic (exact) mass is 466 g/mol. The molecule has 0 aliphatic rings. The maximum absolute atomic E-state index is 12.5. The normalized spacial score (nSPS) is 10.7. The van der Waals surface area contributed by atoms with Crippen molar-refractivity contribution in [2.24, 2.45) is 0 Å². The molecule has 1 heterocycles. The number of hydrogen-bond acceptors (Lipinski definition) is 5. The van der Waals surface area contributed by atoms with Gasteiger partial charge in [0.1, 0.15) is 22.5 Å². The minimum atomic E-state index is -0.677. The van der Waals surface area contributed by atoms with Crippen molar-refractivity contribution >= 4 is 48.8 Å². The van der Waals surface area contributed by atoms with Crippen LogP contribution in [0.15, 0.2) is 60.6 Å². The topological polar surface area (TPSA) is 65.7 Å². The van der Waals surface area contributed by atoms with Gasteiger partial charge in [0.25, 0.3) is 0 Å². The predicted octanol–water partition coefficient (Wildman–Crippen LogP) is 5.29. The van der Waals surface area contributed by atoms with Crippen LogP contribution >= 0.6 is 31.9 Å². The average Bonchev–Trinajstić information content (AvgIpc) is 2.54. The van der Waals surface area contributed by atoms with Gasteiger partial charge in [-0.25, -0.2) is 4.79 Å². The number of carbonyl (C=O) groups is 1. The van der Waals surface area contributed by atoms with Gasteiger partial charge in [-0.3, -0.25) is 4.79 Å². The fourth-order valence-electron chi connectivity index (χ4n) is 2.28. The first-order valence-electron chi connectivity index (χ1n) is 7.36. The number of ether oxygens (including phenoxy) is 2. The highest BCUT2D eigenvalue weighted by atomic mass is 79.9. The quantitative estimate of drug-likeness (QED) is 0.488. The SMILES string of the molecule is CCOC(=O)c1cc(=O)c2c(Oc3cc(Br)cc(Br)c3)cccc2o1. The van der Waals surface area contributed by atoms with Crippen LogP contribution in [-0.2, 0) is 4.74 Å². The zero-order valence-electron chi connectivity index (χ0n) is 13.0.